The summed E-state index contributed by atoms with van der Waals surface area (Å²) < 4.78 is 6.34. The second-order valence-electron chi connectivity index (χ2n) is 4.54. The first-order chi connectivity index (χ1) is 10.7. The smallest absolute Gasteiger partial charge is 0.245 e. The van der Waals surface area contributed by atoms with Gasteiger partial charge in [-0.1, -0.05) is 17.4 Å². The molecule has 0 spiro atoms. The van der Waals surface area contributed by atoms with E-state index >= 15 is 0 Å². The molecule has 0 saturated carbocycles. The van der Waals surface area contributed by atoms with Crippen LogP contribution in [0.1, 0.15) is 0 Å². The minimum atomic E-state index is -0.122. The predicted molar refractivity (Wildman–Crippen MR) is 90.2 cm³/mol. The van der Waals surface area contributed by atoms with Gasteiger partial charge in [0.2, 0.25) is 5.91 Å². The first-order valence-electron chi connectivity index (χ1n) is 6.51. The highest BCUT2D eigenvalue weighted by atomic mass is 32.1. The van der Waals surface area contributed by atoms with Crippen molar-refractivity contribution in [2.75, 3.05) is 30.9 Å². The van der Waals surface area contributed by atoms with Gasteiger partial charge in [-0.15, -0.1) is 11.3 Å². The van der Waals surface area contributed by atoms with Crippen LogP contribution in [0.15, 0.2) is 29.8 Å². The molecule has 1 aromatic carbocycles. The van der Waals surface area contributed by atoms with Gasteiger partial charge in [0, 0.05) is 18.6 Å². The summed E-state index contributed by atoms with van der Waals surface area (Å²) in [5.41, 5.74) is 0.817. The van der Waals surface area contributed by atoms with Crippen LogP contribution in [0, 0.1) is 0 Å². The second kappa shape index (κ2) is 6.29. The topological polar surface area (TPSA) is 67.3 Å². The molecular weight excluding hydrogens is 320 g/mol. The van der Waals surface area contributed by atoms with Crippen molar-refractivity contribution < 1.29 is 9.53 Å². The summed E-state index contributed by atoms with van der Waals surface area (Å²) in [4.78, 5) is 22.4. The molecule has 8 heteroatoms. The van der Waals surface area contributed by atoms with E-state index < -0.39 is 0 Å². The van der Waals surface area contributed by atoms with Crippen molar-refractivity contribution in [1.82, 2.24) is 9.97 Å². The molecule has 0 saturated heterocycles. The van der Waals surface area contributed by atoms with E-state index in [9.17, 15) is 4.79 Å². The summed E-state index contributed by atoms with van der Waals surface area (Å²) in [6.07, 6.45) is 1.66. The number of carbonyl (C=O) groups is 1. The maximum absolute atomic E-state index is 12.0. The Kier molecular flexibility index (Phi) is 4.21. The van der Waals surface area contributed by atoms with Gasteiger partial charge in [-0.05, 0) is 12.1 Å². The molecule has 22 heavy (non-hydrogen) atoms. The minimum Gasteiger partial charge on any atom is -0.494 e. The van der Waals surface area contributed by atoms with E-state index in [0.717, 1.165) is 21.1 Å². The average molecular weight is 334 g/mol. The SMILES string of the molecule is COc1cccc2sc(N(C)CC(=O)Nc3nccs3)nc12. The Morgan fingerprint density at radius 2 is 2.32 bits per heavy atom. The van der Waals surface area contributed by atoms with Crippen molar-refractivity contribution in [2.45, 2.75) is 0 Å². The summed E-state index contributed by atoms with van der Waals surface area (Å²) in [7, 11) is 3.46. The van der Waals surface area contributed by atoms with Crippen molar-refractivity contribution in [2.24, 2.45) is 0 Å². The Morgan fingerprint density at radius 3 is 3.05 bits per heavy atom. The Balaban J connectivity index is 1.74. The number of rotatable bonds is 5. The van der Waals surface area contributed by atoms with Crippen molar-refractivity contribution in [1.29, 1.82) is 0 Å². The summed E-state index contributed by atoms with van der Waals surface area (Å²) in [6, 6.07) is 5.79. The van der Waals surface area contributed by atoms with E-state index in [1.54, 1.807) is 13.3 Å². The summed E-state index contributed by atoms with van der Waals surface area (Å²) in [5, 5.41) is 5.95. The zero-order valence-electron chi connectivity index (χ0n) is 12.1. The average Bonchev–Trinajstić information content (AvgIpc) is 3.15. The van der Waals surface area contributed by atoms with Crippen molar-refractivity contribution in [3.63, 3.8) is 0 Å². The lowest BCUT2D eigenvalue weighted by atomic mass is 10.3. The van der Waals surface area contributed by atoms with E-state index in [1.165, 1.54) is 22.7 Å². The normalized spacial score (nSPS) is 10.6. The number of nitrogens with one attached hydrogen (secondary N) is 1. The molecule has 2 heterocycles. The molecule has 0 fully saturated rings. The molecule has 0 aliphatic heterocycles. The van der Waals surface area contributed by atoms with E-state index in [4.69, 9.17) is 4.74 Å². The largest absolute Gasteiger partial charge is 0.494 e. The van der Waals surface area contributed by atoms with E-state index in [-0.39, 0.29) is 12.5 Å². The van der Waals surface area contributed by atoms with Gasteiger partial charge >= 0.3 is 0 Å². The molecular formula is C14H14N4O2S2. The lowest BCUT2D eigenvalue weighted by molar-refractivity contribution is -0.114. The monoisotopic (exact) mass is 334 g/mol. The molecule has 6 nitrogen and oxygen atoms in total. The molecule has 0 aliphatic rings. The Morgan fingerprint density at radius 1 is 1.45 bits per heavy atom. The first-order valence-corrected chi connectivity index (χ1v) is 8.21. The molecule has 2 aromatic heterocycles. The number of ether oxygens (including phenoxy) is 1. The first kappa shape index (κ1) is 14.7. The lowest BCUT2D eigenvalue weighted by Crippen LogP contribution is -2.29. The standard InChI is InChI=1S/C14H14N4O2S2/c1-18(8-11(19)16-13-15-6-7-21-13)14-17-12-9(20-2)4-3-5-10(12)22-14/h3-7H,8H2,1-2H3,(H,15,16,19). The fourth-order valence-corrected chi connectivity index (χ4v) is 3.46. The number of thiazole rings is 2. The van der Waals surface area contributed by atoms with Crippen LogP contribution < -0.4 is 15.0 Å². The summed E-state index contributed by atoms with van der Waals surface area (Å²) in [5.74, 6) is 0.615. The lowest BCUT2D eigenvalue weighted by Gasteiger charge is -2.14. The van der Waals surface area contributed by atoms with Crippen LogP contribution in [0.25, 0.3) is 10.2 Å². The minimum absolute atomic E-state index is 0.122. The van der Waals surface area contributed by atoms with Crippen LogP contribution in [0.3, 0.4) is 0 Å². The summed E-state index contributed by atoms with van der Waals surface area (Å²) in [6.45, 7) is 0.210. The van der Waals surface area contributed by atoms with Crippen molar-refractivity contribution >= 4 is 49.1 Å². The van der Waals surface area contributed by atoms with Gasteiger partial charge < -0.3 is 15.0 Å². The highest BCUT2D eigenvalue weighted by molar-refractivity contribution is 7.22. The number of hydrogen-bond donors (Lipinski definition) is 1. The third-order valence-corrected chi connectivity index (χ3v) is 4.80. The second-order valence-corrected chi connectivity index (χ2v) is 6.45. The predicted octanol–water partition coefficient (Wildman–Crippen LogP) is 2.84. The molecule has 114 valence electrons. The molecule has 1 N–H and O–H groups in total. The van der Waals surface area contributed by atoms with Crippen molar-refractivity contribution in [3.05, 3.63) is 29.8 Å². The number of para-hydroxylation sites is 1. The highest BCUT2D eigenvalue weighted by Gasteiger charge is 2.14. The van der Waals surface area contributed by atoms with E-state index in [0.29, 0.717) is 5.13 Å². The maximum atomic E-state index is 12.0. The number of anilines is 2. The number of benzene rings is 1. The Bertz CT molecular complexity index is 785. The van der Waals surface area contributed by atoms with Gasteiger partial charge in [-0.25, -0.2) is 9.97 Å². The molecule has 0 aliphatic carbocycles. The number of carbonyl (C=O) groups excluding carboxylic acids is 1. The molecule has 0 atom stereocenters. The van der Waals surface area contributed by atoms with Crippen molar-refractivity contribution in [3.8, 4) is 5.75 Å². The van der Waals surface area contributed by atoms with Crippen LogP contribution in [0.2, 0.25) is 0 Å². The summed E-state index contributed by atoms with van der Waals surface area (Å²) >= 11 is 2.92. The van der Waals surface area contributed by atoms with E-state index in [2.05, 4.69) is 15.3 Å². The molecule has 0 radical (unpaired) electrons. The maximum Gasteiger partial charge on any atom is 0.245 e. The van der Waals surface area contributed by atoms with Gasteiger partial charge in [-0.3, -0.25) is 4.79 Å². The van der Waals surface area contributed by atoms with E-state index in [1.807, 2.05) is 35.5 Å². The number of hydrogen-bond acceptors (Lipinski definition) is 7. The van der Waals surface area contributed by atoms with Gasteiger partial charge in [0.1, 0.15) is 11.3 Å². The zero-order chi connectivity index (χ0) is 15.5. The third-order valence-electron chi connectivity index (χ3n) is 2.98. The molecule has 3 rings (SSSR count). The van der Waals surface area contributed by atoms with Gasteiger partial charge in [0.25, 0.3) is 0 Å². The number of fused-ring (bicyclic) bond motifs is 1. The van der Waals surface area contributed by atoms with Gasteiger partial charge in [0.05, 0.1) is 18.4 Å². The molecule has 3 aromatic rings. The molecule has 1 amide bonds. The van der Waals surface area contributed by atoms with Crippen LogP contribution in [-0.2, 0) is 4.79 Å². The quantitative estimate of drug-likeness (QED) is 0.777. The highest BCUT2D eigenvalue weighted by Crippen LogP contribution is 2.33. The van der Waals surface area contributed by atoms with Gasteiger partial charge in [-0.2, -0.15) is 0 Å². The Labute approximate surface area is 135 Å². The van der Waals surface area contributed by atoms with Crippen LogP contribution >= 0.6 is 22.7 Å². The molecule has 0 unspecified atom stereocenters. The van der Waals surface area contributed by atoms with Crippen LogP contribution in [0.4, 0.5) is 10.3 Å². The third kappa shape index (κ3) is 3.02. The molecule has 0 bridgehead atoms. The fourth-order valence-electron chi connectivity index (χ4n) is 1.97. The zero-order valence-corrected chi connectivity index (χ0v) is 13.7. The number of amides is 1. The van der Waals surface area contributed by atoms with Gasteiger partial charge in [0.15, 0.2) is 10.3 Å². The van der Waals surface area contributed by atoms with Crippen LogP contribution in [-0.4, -0.2) is 36.6 Å². The number of likely N-dealkylation sites (N-methyl/N-ethyl adjacent to an activating group) is 1. The van der Waals surface area contributed by atoms with Crippen LogP contribution in [0.5, 0.6) is 5.75 Å². The number of aromatic nitrogens is 2. The number of nitrogens with zero attached hydrogens (tertiary/aromatic N) is 3. The Hall–Kier alpha value is -2.19. The fraction of sp³-hybridized carbons (Fsp3) is 0.214. The number of methoxy groups -OCH3 is 1.